The van der Waals surface area contributed by atoms with Crippen molar-refractivity contribution in [2.75, 3.05) is 44.8 Å². The molecule has 0 aliphatic carbocycles. The number of piperazine rings is 1. The van der Waals surface area contributed by atoms with Gasteiger partial charge in [0.2, 0.25) is 10.0 Å². The lowest BCUT2D eigenvalue weighted by atomic mass is 10.2. The van der Waals surface area contributed by atoms with E-state index < -0.39 is 10.0 Å². The molecule has 1 saturated heterocycles. The maximum absolute atomic E-state index is 13.1. The molecule has 0 radical (unpaired) electrons. The molecule has 0 atom stereocenters. The molecular formula is C19H22Cl2N2O4S. The van der Waals surface area contributed by atoms with Crippen LogP contribution in [0, 0.1) is 0 Å². The molecule has 0 bridgehead atoms. The molecule has 3 rings (SSSR count). The number of hydrogen-bond donors (Lipinski definition) is 0. The van der Waals surface area contributed by atoms with Gasteiger partial charge < -0.3 is 14.4 Å². The molecule has 0 amide bonds. The minimum absolute atomic E-state index is 0.0110. The Morgan fingerprint density at radius 2 is 1.68 bits per heavy atom. The summed E-state index contributed by atoms with van der Waals surface area (Å²) in [5.74, 6) is 1.13. The van der Waals surface area contributed by atoms with Crippen LogP contribution in [0.1, 0.15) is 6.92 Å². The molecule has 1 heterocycles. The molecule has 28 heavy (non-hydrogen) atoms. The van der Waals surface area contributed by atoms with E-state index in [0.717, 1.165) is 11.4 Å². The first-order chi connectivity index (χ1) is 13.4. The first-order valence-electron chi connectivity index (χ1n) is 8.88. The van der Waals surface area contributed by atoms with Crippen molar-refractivity contribution in [1.29, 1.82) is 0 Å². The smallest absolute Gasteiger partial charge is 0.244 e. The van der Waals surface area contributed by atoms with Crippen molar-refractivity contribution in [3.63, 3.8) is 0 Å². The third-order valence-electron chi connectivity index (χ3n) is 4.57. The monoisotopic (exact) mass is 444 g/mol. The van der Waals surface area contributed by atoms with Crippen LogP contribution in [-0.2, 0) is 10.0 Å². The van der Waals surface area contributed by atoms with Crippen LogP contribution in [-0.4, -0.2) is 52.6 Å². The lowest BCUT2D eigenvalue weighted by Gasteiger charge is -2.36. The lowest BCUT2D eigenvalue weighted by molar-refractivity contribution is 0.337. The Balaban J connectivity index is 1.79. The van der Waals surface area contributed by atoms with Gasteiger partial charge in [-0.1, -0.05) is 35.3 Å². The Hall–Kier alpha value is -1.67. The van der Waals surface area contributed by atoms with Gasteiger partial charge in [-0.05, 0) is 25.1 Å². The van der Waals surface area contributed by atoms with E-state index in [1.807, 2.05) is 31.2 Å². The largest absolute Gasteiger partial charge is 0.495 e. The van der Waals surface area contributed by atoms with Gasteiger partial charge in [0.1, 0.15) is 16.4 Å². The number of para-hydroxylation sites is 2. The summed E-state index contributed by atoms with van der Waals surface area (Å²) in [4.78, 5) is 2.11. The first kappa shape index (κ1) is 21.0. The molecule has 0 unspecified atom stereocenters. The number of anilines is 1. The molecule has 0 aromatic heterocycles. The van der Waals surface area contributed by atoms with Crippen LogP contribution in [0.4, 0.5) is 5.69 Å². The van der Waals surface area contributed by atoms with Gasteiger partial charge in [-0.2, -0.15) is 4.31 Å². The minimum Gasteiger partial charge on any atom is -0.495 e. The highest BCUT2D eigenvalue weighted by Gasteiger charge is 2.31. The van der Waals surface area contributed by atoms with Gasteiger partial charge in [0, 0.05) is 32.2 Å². The zero-order valence-electron chi connectivity index (χ0n) is 15.7. The van der Waals surface area contributed by atoms with Gasteiger partial charge in [0.15, 0.2) is 0 Å². The summed E-state index contributed by atoms with van der Waals surface area (Å²) in [5.41, 5.74) is 0.965. The fourth-order valence-electron chi connectivity index (χ4n) is 3.17. The topological polar surface area (TPSA) is 59.1 Å². The Morgan fingerprint density at radius 1 is 1.00 bits per heavy atom. The number of nitrogens with zero attached hydrogens (tertiary/aromatic N) is 2. The number of benzene rings is 2. The van der Waals surface area contributed by atoms with E-state index in [-0.39, 0.29) is 14.9 Å². The summed E-state index contributed by atoms with van der Waals surface area (Å²) in [6, 6.07) is 10.5. The van der Waals surface area contributed by atoms with Crippen LogP contribution < -0.4 is 14.4 Å². The molecule has 152 valence electrons. The molecule has 1 fully saturated rings. The van der Waals surface area contributed by atoms with Crippen molar-refractivity contribution in [3.05, 3.63) is 46.4 Å². The van der Waals surface area contributed by atoms with E-state index in [1.54, 1.807) is 0 Å². The van der Waals surface area contributed by atoms with Crippen LogP contribution in [0.2, 0.25) is 10.0 Å². The van der Waals surface area contributed by atoms with Crippen LogP contribution in [0.5, 0.6) is 11.5 Å². The average Bonchev–Trinajstić information content (AvgIpc) is 2.70. The first-order valence-corrected chi connectivity index (χ1v) is 11.1. The van der Waals surface area contributed by atoms with Crippen molar-refractivity contribution < 1.29 is 17.9 Å². The standard InChI is InChI=1S/C19H22Cl2N2O4S/c1-3-27-17-7-5-4-6-16(17)22-8-10-23(11-9-22)28(24,25)19-13-14(20)18(26-2)12-15(19)21/h4-7,12-13H,3,8-11H2,1-2H3. The summed E-state index contributed by atoms with van der Waals surface area (Å²) in [6.07, 6.45) is 0. The molecule has 0 spiro atoms. The zero-order chi connectivity index (χ0) is 20.3. The van der Waals surface area contributed by atoms with Crippen molar-refractivity contribution in [1.82, 2.24) is 4.31 Å². The van der Waals surface area contributed by atoms with Crippen molar-refractivity contribution in [3.8, 4) is 11.5 Å². The van der Waals surface area contributed by atoms with Gasteiger partial charge in [0.25, 0.3) is 0 Å². The Labute approximate surface area is 175 Å². The van der Waals surface area contributed by atoms with E-state index in [4.69, 9.17) is 32.7 Å². The highest BCUT2D eigenvalue weighted by Crippen LogP contribution is 2.35. The van der Waals surface area contributed by atoms with Crippen molar-refractivity contribution in [2.24, 2.45) is 0 Å². The number of ether oxygens (including phenoxy) is 2. The highest BCUT2D eigenvalue weighted by molar-refractivity contribution is 7.89. The molecule has 0 saturated carbocycles. The second-order valence-corrected chi connectivity index (χ2v) is 8.93. The Bertz CT molecular complexity index is 945. The van der Waals surface area contributed by atoms with Crippen LogP contribution in [0.3, 0.4) is 0 Å². The maximum Gasteiger partial charge on any atom is 0.244 e. The van der Waals surface area contributed by atoms with E-state index in [0.29, 0.717) is 38.5 Å². The van der Waals surface area contributed by atoms with Crippen LogP contribution >= 0.6 is 23.2 Å². The van der Waals surface area contributed by atoms with Crippen molar-refractivity contribution in [2.45, 2.75) is 11.8 Å². The number of halogens is 2. The lowest BCUT2D eigenvalue weighted by Crippen LogP contribution is -2.48. The van der Waals surface area contributed by atoms with Gasteiger partial charge >= 0.3 is 0 Å². The summed E-state index contributed by atoms with van der Waals surface area (Å²) in [5, 5.41) is 0.292. The van der Waals surface area contributed by atoms with E-state index in [9.17, 15) is 8.42 Å². The van der Waals surface area contributed by atoms with Gasteiger partial charge in [-0.3, -0.25) is 0 Å². The summed E-state index contributed by atoms with van der Waals surface area (Å²) < 4.78 is 38.3. The maximum atomic E-state index is 13.1. The van der Waals surface area contributed by atoms with Gasteiger partial charge in [-0.15, -0.1) is 0 Å². The van der Waals surface area contributed by atoms with E-state index in [2.05, 4.69) is 4.90 Å². The number of methoxy groups -OCH3 is 1. The summed E-state index contributed by atoms with van der Waals surface area (Å²) >= 11 is 12.3. The fourth-order valence-corrected chi connectivity index (χ4v) is 5.41. The second-order valence-electron chi connectivity index (χ2n) is 6.21. The third kappa shape index (κ3) is 4.17. The summed E-state index contributed by atoms with van der Waals surface area (Å²) in [7, 11) is -2.31. The SMILES string of the molecule is CCOc1ccccc1N1CCN(S(=O)(=O)c2cc(Cl)c(OC)cc2Cl)CC1. The second kappa shape index (κ2) is 8.78. The predicted octanol–water partition coefficient (Wildman–Crippen LogP) is 3.91. The molecule has 2 aromatic carbocycles. The Morgan fingerprint density at radius 3 is 2.32 bits per heavy atom. The Kier molecular flexibility index (Phi) is 6.60. The molecule has 1 aliphatic heterocycles. The molecule has 6 nitrogen and oxygen atoms in total. The van der Waals surface area contributed by atoms with Crippen LogP contribution in [0.15, 0.2) is 41.3 Å². The number of sulfonamides is 1. The quantitative estimate of drug-likeness (QED) is 0.675. The molecular weight excluding hydrogens is 423 g/mol. The molecule has 0 N–H and O–H groups in total. The van der Waals surface area contributed by atoms with E-state index >= 15 is 0 Å². The van der Waals surface area contributed by atoms with Gasteiger partial charge in [-0.25, -0.2) is 8.42 Å². The minimum atomic E-state index is -3.76. The van der Waals surface area contributed by atoms with Crippen LogP contribution in [0.25, 0.3) is 0 Å². The molecule has 9 heteroatoms. The third-order valence-corrected chi connectivity index (χ3v) is 7.23. The predicted molar refractivity (Wildman–Crippen MR) is 112 cm³/mol. The fraction of sp³-hybridized carbons (Fsp3) is 0.368. The van der Waals surface area contributed by atoms with E-state index in [1.165, 1.54) is 23.5 Å². The molecule has 1 aliphatic rings. The zero-order valence-corrected chi connectivity index (χ0v) is 18.0. The van der Waals surface area contributed by atoms with Gasteiger partial charge in [0.05, 0.1) is 29.4 Å². The normalized spacial score (nSPS) is 15.5. The average molecular weight is 445 g/mol. The highest BCUT2D eigenvalue weighted by atomic mass is 35.5. The number of rotatable bonds is 6. The molecule has 2 aromatic rings. The number of hydrogen-bond acceptors (Lipinski definition) is 5. The summed E-state index contributed by atoms with van der Waals surface area (Å²) in [6.45, 7) is 4.27. The van der Waals surface area contributed by atoms with Crippen molar-refractivity contribution >= 4 is 38.9 Å².